The monoisotopic (exact) mass is 331 g/mol. The summed E-state index contributed by atoms with van der Waals surface area (Å²) in [6, 6.07) is 10.7. The summed E-state index contributed by atoms with van der Waals surface area (Å²) in [5.41, 5.74) is 1.89. The van der Waals surface area contributed by atoms with Gasteiger partial charge in [0, 0.05) is 49.3 Å². The molecule has 0 unspecified atom stereocenters. The number of anilines is 1. The van der Waals surface area contributed by atoms with Gasteiger partial charge in [-0.15, -0.1) is 0 Å². The average molecular weight is 332 g/mol. The van der Waals surface area contributed by atoms with Crippen LogP contribution in [-0.4, -0.2) is 47.1 Å². The second-order valence-electron chi connectivity index (χ2n) is 5.52. The quantitative estimate of drug-likeness (QED) is 0.933. The lowest BCUT2D eigenvalue weighted by Gasteiger charge is -2.38. The minimum Gasteiger partial charge on any atom is -0.480 e. The molecule has 120 valence electrons. The Morgan fingerprint density at radius 2 is 1.65 bits per heavy atom. The van der Waals surface area contributed by atoms with Crippen LogP contribution in [0.1, 0.15) is 11.6 Å². The van der Waals surface area contributed by atoms with E-state index in [1.54, 1.807) is 24.5 Å². The third-order valence-corrected chi connectivity index (χ3v) is 4.38. The summed E-state index contributed by atoms with van der Waals surface area (Å²) in [7, 11) is 0. The first-order valence-electron chi connectivity index (χ1n) is 7.52. The highest BCUT2D eigenvalue weighted by molar-refractivity contribution is 6.30. The van der Waals surface area contributed by atoms with Gasteiger partial charge in [0.25, 0.3) is 0 Å². The lowest BCUT2D eigenvalue weighted by atomic mass is 10.1. The minimum atomic E-state index is -0.823. The third kappa shape index (κ3) is 3.63. The predicted octanol–water partition coefficient (Wildman–Crippen LogP) is 2.68. The fraction of sp³-hybridized carbons (Fsp3) is 0.294. The van der Waals surface area contributed by atoms with Crippen molar-refractivity contribution in [3.63, 3.8) is 0 Å². The number of aromatic nitrogens is 1. The Labute approximate surface area is 140 Å². The van der Waals surface area contributed by atoms with Gasteiger partial charge in [0.05, 0.1) is 0 Å². The van der Waals surface area contributed by atoms with E-state index in [1.165, 1.54) is 0 Å². The molecule has 0 aliphatic carbocycles. The van der Waals surface area contributed by atoms with Crippen molar-refractivity contribution in [3.05, 3.63) is 59.4 Å². The largest absolute Gasteiger partial charge is 0.480 e. The molecule has 1 fully saturated rings. The number of nitrogens with zero attached hydrogens (tertiary/aromatic N) is 3. The van der Waals surface area contributed by atoms with Gasteiger partial charge in [-0.2, -0.15) is 0 Å². The summed E-state index contributed by atoms with van der Waals surface area (Å²) < 4.78 is 0. The van der Waals surface area contributed by atoms with Crippen molar-refractivity contribution in [2.45, 2.75) is 6.04 Å². The van der Waals surface area contributed by atoms with Crippen molar-refractivity contribution in [2.75, 3.05) is 31.1 Å². The van der Waals surface area contributed by atoms with Gasteiger partial charge in [-0.3, -0.25) is 14.7 Å². The third-order valence-electron chi connectivity index (χ3n) is 4.13. The molecule has 0 radical (unpaired) electrons. The van der Waals surface area contributed by atoms with Crippen LogP contribution in [0.15, 0.2) is 48.8 Å². The molecule has 0 saturated carbocycles. The second kappa shape index (κ2) is 6.98. The van der Waals surface area contributed by atoms with Crippen LogP contribution in [0.5, 0.6) is 0 Å². The van der Waals surface area contributed by atoms with Crippen molar-refractivity contribution in [1.82, 2.24) is 9.88 Å². The Bertz CT molecular complexity index is 655. The fourth-order valence-electron chi connectivity index (χ4n) is 2.95. The van der Waals surface area contributed by atoms with Crippen LogP contribution >= 0.6 is 11.6 Å². The summed E-state index contributed by atoms with van der Waals surface area (Å²) in [4.78, 5) is 19.9. The maximum absolute atomic E-state index is 11.7. The summed E-state index contributed by atoms with van der Waals surface area (Å²) in [6.45, 7) is 2.97. The van der Waals surface area contributed by atoms with E-state index in [9.17, 15) is 9.90 Å². The molecular weight excluding hydrogens is 314 g/mol. The van der Waals surface area contributed by atoms with E-state index in [1.807, 2.05) is 29.2 Å². The molecule has 1 N–H and O–H groups in total. The molecular formula is C17H18ClN3O2. The number of hydrogen-bond donors (Lipinski definition) is 1. The van der Waals surface area contributed by atoms with Gasteiger partial charge in [0.2, 0.25) is 0 Å². The van der Waals surface area contributed by atoms with Gasteiger partial charge < -0.3 is 10.0 Å². The molecule has 1 aromatic carbocycles. The molecule has 6 heteroatoms. The van der Waals surface area contributed by atoms with E-state index < -0.39 is 12.0 Å². The number of pyridine rings is 1. The normalized spacial score (nSPS) is 17.0. The van der Waals surface area contributed by atoms with Crippen LogP contribution in [0.2, 0.25) is 5.02 Å². The van der Waals surface area contributed by atoms with E-state index in [4.69, 9.17) is 11.6 Å². The number of rotatable bonds is 4. The predicted molar refractivity (Wildman–Crippen MR) is 89.9 cm³/mol. The molecule has 5 nitrogen and oxygen atoms in total. The zero-order valence-electron chi connectivity index (χ0n) is 12.6. The van der Waals surface area contributed by atoms with Crippen LogP contribution in [-0.2, 0) is 4.79 Å². The van der Waals surface area contributed by atoms with Crippen molar-refractivity contribution in [1.29, 1.82) is 0 Å². The topological polar surface area (TPSA) is 56.7 Å². The Morgan fingerprint density at radius 1 is 1.04 bits per heavy atom. The molecule has 1 aliphatic heterocycles. The number of carboxylic acids is 1. The molecule has 1 atom stereocenters. The molecule has 0 amide bonds. The Hall–Kier alpha value is -2.11. The van der Waals surface area contributed by atoms with E-state index >= 15 is 0 Å². The summed E-state index contributed by atoms with van der Waals surface area (Å²) >= 11 is 5.92. The van der Waals surface area contributed by atoms with Crippen LogP contribution in [0.4, 0.5) is 5.69 Å². The molecule has 23 heavy (non-hydrogen) atoms. The molecule has 1 aromatic heterocycles. The number of piperazine rings is 1. The standard InChI is InChI=1S/C17H18ClN3O2/c18-14-1-3-15(4-2-14)20-9-11-21(12-10-20)16(17(22)23)13-5-7-19-8-6-13/h1-8,16H,9-12H2,(H,22,23)/t16-/m1/s1. The zero-order chi connectivity index (χ0) is 16.2. The second-order valence-corrected chi connectivity index (χ2v) is 5.96. The van der Waals surface area contributed by atoms with Crippen molar-refractivity contribution >= 4 is 23.3 Å². The summed E-state index contributed by atoms with van der Waals surface area (Å²) in [5, 5.41) is 10.3. The maximum Gasteiger partial charge on any atom is 0.325 e. The van der Waals surface area contributed by atoms with Gasteiger partial charge in [0.15, 0.2) is 0 Å². The number of hydrogen-bond acceptors (Lipinski definition) is 4. The smallest absolute Gasteiger partial charge is 0.325 e. The number of carboxylic acid groups (broad SMARTS) is 1. The molecule has 0 bridgehead atoms. The molecule has 2 heterocycles. The highest BCUT2D eigenvalue weighted by Crippen LogP contribution is 2.25. The SMILES string of the molecule is O=C(O)[C@@H](c1ccncc1)N1CCN(c2ccc(Cl)cc2)CC1. The first-order valence-corrected chi connectivity index (χ1v) is 7.90. The Kier molecular flexibility index (Phi) is 4.79. The van der Waals surface area contributed by atoms with Gasteiger partial charge in [-0.25, -0.2) is 0 Å². The lowest BCUT2D eigenvalue weighted by Crippen LogP contribution is -2.49. The lowest BCUT2D eigenvalue weighted by molar-refractivity contribution is -0.143. The van der Waals surface area contributed by atoms with Crippen LogP contribution in [0, 0.1) is 0 Å². The van der Waals surface area contributed by atoms with E-state index in [-0.39, 0.29) is 0 Å². The minimum absolute atomic E-state index is 0.620. The number of carbonyl (C=O) groups is 1. The maximum atomic E-state index is 11.7. The van der Waals surface area contributed by atoms with Gasteiger partial charge in [-0.1, -0.05) is 11.6 Å². The highest BCUT2D eigenvalue weighted by Gasteiger charge is 2.30. The van der Waals surface area contributed by atoms with Crippen molar-refractivity contribution in [3.8, 4) is 0 Å². The van der Waals surface area contributed by atoms with Crippen LogP contribution < -0.4 is 4.90 Å². The fourth-order valence-corrected chi connectivity index (χ4v) is 3.07. The van der Waals surface area contributed by atoms with Gasteiger partial charge in [0.1, 0.15) is 6.04 Å². The summed E-state index contributed by atoms with van der Waals surface area (Å²) in [5.74, 6) is -0.823. The number of halogens is 1. The van der Waals surface area contributed by atoms with Crippen molar-refractivity contribution in [2.24, 2.45) is 0 Å². The van der Waals surface area contributed by atoms with E-state index in [2.05, 4.69) is 9.88 Å². The van der Waals surface area contributed by atoms with Crippen LogP contribution in [0.3, 0.4) is 0 Å². The number of aliphatic carboxylic acids is 1. The van der Waals surface area contributed by atoms with E-state index in [0.29, 0.717) is 13.1 Å². The highest BCUT2D eigenvalue weighted by atomic mass is 35.5. The number of benzene rings is 1. The molecule has 1 aliphatic rings. The average Bonchev–Trinajstić information content (AvgIpc) is 2.57. The zero-order valence-corrected chi connectivity index (χ0v) is 13.4. The Morgan fingerprint density at radius 3 is 2.22 bits per heavy atom. The first-order chi connectivity index (χ1) is 11.1. The van der Waals surface area contributed by atoms with E-state index in [0.717, 1.165) is 29.4 Å². The molecule has 0 spiro atoms. The molecule has 1 saturated heterocycles. The Balaban J connectivity index is 1.69. The van der Waals surface area contributed by atoms with Gasteiger partial charge in [-0.05, 0) is 42.0 Å². The first kappa shape index (κ1) is 15.8. The molecule has 3 rings (SSSR count). The van der Waals surface area contributed by atoms with Crippen LogP contribution in [0.25, 0.3) is 0 Å². The molecule has 2 aromatic rings. The van der Waals surface area contributed by atoms with Gasteiger partial charge >= 0.3 is 5.97 Å². The van der Waals surface area contributed by atoms with Crippen molar-refractivity contribution < 1.29 is 9.90 Å². The summed E-state index contributed by atoms with van der Waals surface area (Å²) in [6.07, 6.45) is 3.27.